The average Bonchev–Trinajstić information content (AvgIpc) is 2.37. The van der Waals surface area contributed by atoms with Crippen LogP contribution in [0.3, 0.4) is 0 Å². The molecule has 2 heteroatoms. The highest BCUT2D eigenvalue weighted by molar-refractivity contribution is 5.85. The summed E-state index contributed by atoms with van der Waals surface area (Å²) in [6, 6.07) is 0. The molecule has 2 nitrogen and oxygen atoms in total. The molecule has 0 aliphatic heterocycles. The Balaban J connectivity index is 2.29. The Labute approximate surface area is 61.9 Å². The van der Waals surface area contributed by atoms with Gasteiger partial charge in [-0.1, -0.05) is 24.9 Å². The minimum Gasteiger partial charge on any atom is -0.411 e. The molecule has 1 N–H and O–H groups in total. The fourth-order valence-corrected chi connectivity index (χ4v) is 1.65. The SMILES string of the molecule is CCCC1CCC(=NO)C1. The third-order valence-electron chi connectivity index (χ3n) is 2.20. The lowest BCUT2D eigenvalue weighted by molar-refractivity contribution is 0.317. The first kappa shape index (κ1) is 7.58. The van der Waals surface area contributed by atoms with Crippen LogP contribution in [-0.2, 0) is 0 Å². The molecular weight excluding hydrogens is 126 g/mol. The molecular formula is C8H15NO. The lowest BCUT2D eigenvalue weighted by Crippen LogP contribution is -1.94. The topological polar surface area (TPSA) is 32.6 Å². The van der Waals surface area contributed by atoms with Gasteiger partial charge in [-0.15, -0.1) is 0 Å². The zero-order chi connectivity index (χ0) is 7.40. The van der Waals surface area contributed by atoms with Crippen LogP contribution in [0.25, 0.3) is 0 Å². The van der Waals surface area contributed by atoms with Gasteiger partial charge in [-0.05, 0) is 25.2 Å². The van der Waals surface area contributed by atoms with Gasteiger partial charge in [-0.2, -0.15) is 0 Å². The maximum atomic E-state index is 8.44. The minimum atomic E-state index is 0.802. The molecule has 1 aliphatic rings. The van der Waals surface area contributed by atoms with E-state index in [4.69, 9.17) is 5.21 Å². The highest BCUT2D eigenvalue weighted by atomic mass is 16.4. The van der Waals surface area contributed by atoms with Crippen molar-refractivity contribution in [1.29, 1.82) is 0 Å². The zero-order valence-corrected chi connectivity index (χ0v) is 6.51. The second-order valence-corrected chi connectivity index (χ2v) is 3.06. The summed E-state index contributed by atoms with van der Waals surface area (Å²) in [5, 5.41) is 11.7. The molecule has 0 spiro atoms. The third-order valence-corrected chi connectivity index (χ3v) is 2.20. The highest BCUT2D eigenvalue weighted by Crippen LogP contribution is 2.26. The molecule has 1 saturated carbocycles. The summed E-state index contributed by atoms with van der Waals surface area (Å²) in [6.45, 7) is 2.20. The maximum Gasteiger partial charge on any atom is 0.0573 e. The Morgan fingerprint density at radius 3 is 3.00 bits per heavy atom. The Kier molecular flexibility index (Phi) is 2.72. The predicted octanol–water partition coefficient (Wildman–Crippen LogP) is 2.42. The predicted molar refractivity (Wildman–Crippen MR) is 41.5 cm³/mol. The molecule has 0 bridgehead atoms. The molecule has 0 heterocycles. The fraction of sp³-hybridized carbons (Fsp3) is 0.875. The highest BCUT2D eigenvalue weighted by Gasteiger charge is 2.19. The van der Waals surface area contributed by atoms with Crippen molar-refractivity contribution in [3.05, 3.63) is 0 Å². The molecule has 1 atom stereocenters. The van der Waals surface area contributed by atoms with E-state index in [-0.39, 0.29) is 0 Å². The van der Waals surface area contributed by atoms with Crippen LogP contribution in [0.5, 0.6) is 0 Å². The molecule has 58 valence electrons. The molecule has 1 rings (SSSR count). The Morgan fingerprint density at radius 2 is 2.50 bits per heavy atom. The Morgan fingerprint density at radius 1 is 1.70 bits per heavy atom. The molecule has 0 radical (unpaired) electrons. The summed E-state index contributed by atoms with van der Waals surface area (Å²) in [6.07, 6.45) is 5.82. The summed E-state index contributed by atoms with van der Waals surface area (Å²) in [5.41, 5.74) is 0.999. The smallest absolute Gasteiger partial charge is 0.0573 e. The van der Waals surface area contributed by atoms with Crippen molar-refractivity contribution >= 4 is 5.71 Å². The van der Waals surface area contributed by atoms with E-state index in [0.717, 1.165) is 24.5 Å². The van der Waals surface area contributed by atoms with Crippen molar-refractivity contribution in [2.45, 2.75) is 39.0 Å². The van der Waals surface area contributed by atoms with E-state index < -0.39 is 0 Å². The number of oxime groups is 1. The number of hydrogen-bond donors (Lipinski definition) is 1. The van der Waals surface area contributed by atoms with Gasteiger partial charge in [0.15, 0.2) is 0 Å². The number of nitrogens with zero attached hydrogens (tertiary/aromatic N) is 1. The fourth-order valence-electron chi connectivity index (χ4n) is 1.65. The number of rotatable bonds is 2. The summed E-state index contributed by atoms with van der Waals surface area (Å²) >= 11 is 0. The minimum absolute atomic E-state index is 0.802. The first-order valence-electron chi connectivity index (χ1n) is 4.06. The van der Waals surface area contributed by atoms with Gasteiger partial charge < -0.3 is 5.21 Å². The van der Waals surface area contributed by atoms with Crippen molar-refractivity contribution in [2.24, 2.45) is 11.1 Å². The Hall–Kier alpha value is -0.530. The van der Waals surface area contributed by atoms with Crippen LogP contribution < -0.4 is 0 Å². The van der Waals surface area contributed by atoms with Gasteiger partial charge in [0.1, 0.15) is 0 Å². The standard InChI is InChI=1S/C8H15NO/c1-2-3-7-4-5-8(6-7)9-10/h7,10H,2-6H2,1H3. The van der Waals surface area contributed by atoms with Gasteiger partial charge in [-0.25, -0.2) is 0 Å². The monoisotopic (exact) mass is 141 g/mol. The summed E-state index contributed by atoms with van der Waals surface area (Å²) in [5.74, 6) is 0.802. The molecule has 0 aromatic rings. The van der Waals surface area contributed by atoms with Gasteiger partial charge in [0, 0.05) is 0 Å². The molecule has 1 fully saturated rings. The van der Waals surface area contributed by atoms with Crippen molar-refractivity contribution in [3.63, 3.8) is 0 Å². The molecule has 0 saturated heterocycles. The maximum absolute atomic E-state index is 8.44. The average molecular weight is 141 g/mol. The van der Waals surface area contributed by atoms with E-state index in [0.29, 0.717) is 0 Å². The van der Waals surface area contributed by atoms with E-state index >= 15 is 0 Å². The lowest BCUT2D eigenvalue weighted by atomic mass is 10.0. The van der Waals surface area contributed by atoms with Crippen LogP contribution >= 0.6 is 0 Å². The Bertz CT molecular complexity index is 131. The second kappa shape index (κ2) is 3.59. The molecule has 0 aromatic heterocycles. The van der Waals surface area contributed by atoms with E-state index in [1.54, 1.807) is 0 Å². The normalized spacial score (nSPS) is 29.7. The van der Waals surface area contributed by atoms with Gasteiger partial charge in [-0.3, -0.25) is 0 Å². The van der Waals surface area contributed by atoms with Gasteiger partial charge >= 0.3 is 0 Å². The summed E-state index contributed by atoms with van der Waals surface area (Å²) in [4.78, 5) is 0. The zero-order valence-electron chi connectivity index (χ0n) is 6.51. The van der Waals surface area contributed by atoms with E-state index in [9.17, 15) is 0 Å². The molecule has 0 amide bonds. The molecule has 1 unspecified atom stereocenters. The molecule has 1 aliphatic carbocycles. The van der Waals surface area contributed by atoms with Gasteiger partial charge in [0.25, 0.3) is 0 Å². The van der Waals surface area contributed by atoms with Crippen LogP contribution in [0.4, 0.5) is 0 Å². The second-order valence-electron chi connectivity index (χ2n) is 3.06. The molecule has 10 heavy (non-hydrogen) atoms. The van der Waals surface area contributed by atoms with Gasteiger partial charge in [0.2, 0.25) is 0 Å². The largest absolute Gasteiger partial charge is 0.411 e. The van der Waals surface area contributed by atoms with Gasteiger partial charge in [0.05, 0.1) is 5.71 Å². The van der Waals surface area contributed by atoms with Crippen LogP contribution in [0.2, 0.25) is 0 Å². The quantitative estimate of drug-likeness (QED) is 0.465. The van der Waals surface area contributed by atoms with E-state index in [2.05, 4.69) is 12.1 Å². The van der Waals surface area contributed by atoms with Crippen LogP contribution in [0.15, 0.2) is 5.16 Å². The van der Waals surface area contributed by atoms with Crippen LogP contribution in [0, 0.1) is 5.92 Å². The van der Waals surface area contributed by atoms with Crippen molar-refractivity contribution in [3.8, 4) is 0 Å². The first-order valence-corrected chi connectivity index (χ1v) is 4.06. The van der Waals surface area contributed by atoms with E-state index in [1.165, 1.54) is 19.3 Å². The van der Waals surface area contributed by atoms with E-state index in [1.807, 2.05) is 0 Å². The summed E-state index contributed by atoms with van der Waals surface area (Å²) in [7, 11) is 0. The van der Waals surface area contributed by atoms with Crippen molar-refractivity contribution in [1.82, 2.24) is 0 Å². The third kappa shape index (κ3) is 1.72. The summed E-state index contributed by atoms with van der Waals surface area (Å²) < 4.78 is 0. The molecule has 0 aromatic carbocycles. The van der Waals surface area contributed by atoms with Crippen LogP contribution in [0.1, 0.15) is 39.0 Å². The van der Waals surface area contributed by atoms with Crippen molar-refractivity contribution < 1.29 is 5.21 Å². The number of hydrogen-bond acceptors (Lipinski definition) is 2. The van der Waals surface area contributed by atoms with Crippen molar-refractivity contribution in [2.75, 3.05) is 0 Å². The lowest BCUT2D eigenvalue weighted by Gasteiger charge is -2.03. The van der Waals surface area contributed by atoms with Crippen LogP contribution in [-0.4, -0.2) is 10.9 Å². The first-order chi connectivity index (χ1) is 4.86.